The van der Waals surface area contributed by atoms with Crippen molar-refractivity contribution in [3.63, 3.8) is 0 Å². The predicted molar refractivity (Wildman–Crippen MR) is 110 cm³/mol. The van der Waals surface area contributed by atoms with Crippen molar-refractivity contribution in [3.05, 3.63) is 70.8 Å². The van der Waals surface area contributed by atoms with Gasteiger partial charge in [0.1, 0.15) is 11.5 Å². The van der Waals surface area contributed by atoms with Crippen LogP contribution in [0.1, 0.15) is 36.1 Å². The number of aliphatic hydroxyl groups excluding tert-OH is 1. The minimum absolute atomic E-state index is 0.0570. The molecule has 0 spiro atoms. The Kier molecular flexibility index (Phi) is 6.20. The van der Waals surface area contributed by atoms with Gasteiger partial charge in [-0.25, -0.2) is 0 Å². The number of nitrogens with zero attached hydrogens (tertiary/aromatic N) is 1. The molecule has 156 valence electrons. The monoisotopic (exact) mass is 409 g/mol. The molecular weight excluding hydrogens is 386 g/mol. The first-order valence-corrected chi connectivity index (χ1v) is 9.63. The summed E-state index contributed by atoms with van der Waals surface area (Å²) in [7, 11) is 0. The van der Waals surface area contributed by atoms with Gasteiger partial charge in [-0.2, -0.15) is 0 Å². The molecule has 0 saturated carbocycles. The average Bonchev–Trinajstić information content (AvgIpc) is 2.98. The fourth-order valence-corrected chi connectivity index (χ4v) is 3.45. The van der Waals surface area contributed by atoms with E-state index in [1.54, 1.807) is 48.5 Å². The van der Waals surface area contributed by atoms with E-state index in [0.717, 1.165) is 5.56 Å². The highest BCUT2D eigenvalue weighted by atomic mass is 16.5. The van der Waals surface area contributed by atoms with Gasteiger partial charge in [0, 0.05) is 12.1 Å². The molecule has 1 fully saturated rings. The topological polar surface area (TPSA) is 104 Å². The molecule has 3 rings (SSSR count). The van der Waals surface area contributed by atoms with Crippen molar-refractivity contribution in [1.82, 2.24) is 4.90 Å². The summed E-state index contributed by atoms with van der Waals surface area (Å²) in [6, 6.07) is 12.9. The zero-order valence-corrected chi connectivity index (χ0v) is 16.8. The molecule has 0 aliphatic carbocycles. The van der Waals surface area contributed by atoms with E-state index < -0.39 is 23.7 Å². The summed E-state index contributed by atoms with van der Waals surface area (Å²) in [6.07, 6.45) is -0.314. The molecule has 1 heterocycles. The second kappa shape index (κ2) is 8.82. The zero-order valence-electron chi connectivity index (χ0n) is 16.8. The van der Waals surface area contributed by atoms with Crippen LogP contribution in [0.2, 0.25) is 0 Å². The summed E-state index contributed by atoms with van der Waals surface area (Å²) < 4.78 is 5.44. The van der Waals surface area contributed by atoms with Gasteiger partial charge in [0.15, 0.2) is 0 Å². The summed E-state index contributed by atoms with van der Waals surface area (Å²) in [4.78, 5) is 37.8. The molecule has 7 heteroatoms. The normalized spacial score (nSPS) is 17.9. The smallest absolute Gasteiger partial charge is 0.305 e. The Morgan fingerprint density at radius 2 is 1.67 bits per heavy atom. The third-order valence-corrected chi connectivity index (χ3v) is 4.94. The van der Waals surface area contributed by atoms with E-state index in [0.29, 0.717) is 23.5 Å². The Morgan fingerprint density at radius 3 is 2.23 bits per heavy atom. The molecular formula is C23H23NO6. The number of aliphatic carboxylic acids is 1. The van der Waals surface area contributed by atoms with E-state index in [4.69, 9.17) is 9.84 Å². The van der Waals surface area contributed by atoms with Gasteiger partial charge < -0.3 is 19.8 Å². The highest BCUT2D eigenvalue weighted by Gasteiger charge is 2.46. The lowest BCUT2D eigenvalue weighted by Crippen LogP contribution is -2.31. The number of carboxylic acid groups (broad SMARTS) is 1. The number of ether oxygens (including phenoxy) is 1. The number of carbonyl (C=O) groups excluding carboxylic acids is 2. The Balaban J connectivity index is 2.11. The van der Waals surface area contributed by atoms with Gasteiger partial charge in [-0.15, -0.1) is 0 Å². The minimum Gasteiger partial charge on any atom is -0.507 e. The van der Waals surface area contributed by atoms with Crippen LogP contribution in [0.3, 0.4) is 0 Å². The molecule has 1 aliphatic rings. The molecule has 2 N–H and O–H groups in total. The number of aliphatic hydroxyl groups is 1. The third kappa shape index (κ3) is 4.20. The van der Waals surface area contributed by atoms with Gasteiger partial charge in [-0.05, 0) is 31.5 Å². The number of likely N-dealkylation sites (tertiary alicyclic amines) is 1. The van der Waals surface area contributed by atoms with Gasteiger partial charge in [-0.1, -0.05) is 42.0 Å². The first kappa shape index (κ1) is 21.1. The molecule has 1 aliphatic heterocycles. The Morgan fingerprint density at radius 1 is 1.03 bits per heavy atom. The number of amides is 1. The van der Waals surface area contributed by atoms with Crippen LogP contribution in [0.15, 0.2) is 54.1 Å². The van der Waals surface area contributed by atoms with Crippen molar-refractivity contribution in [1.29, 1.82) is 0 Å². The number of ketones is 1. The van der Waals surface area contributed by atoms with E-state index in [9.17, 15) is 19.5 Å². The standard InChI is InChI=1S/C23H23NO6/c1-3-30-17-10-8-15(9-11-17)20-19(21(27)16-6-4-14(2)5-7-16)22(28)23(29)24(20)13-12-18(25)26/h4-11,20,27H,3,12-13H2,1-2H3,(H,25,26)/t20-/m1/s1. The molecule has 1 amide bonds. The van der Waals surface area contributed by atoms with E-state index >= 15 is 0 Å². The molecule has 0 radical (unpaired) electrons. The van der Waals surface area contributed by atoms with Crippen LogP contribution in [0.5, 0.6) is 5.75 Å². The predicted octanol–water partition coefficient (Wildman–Crippen LogP) is 3.29. The summed E-state index contributed by atoms with van der Waals surface area (Å²) in [5.74, 6) is -2.41. The maximum atomic E-state index is 12.8. The fraction of sp³-hybridized carbons (Fsp3) is 0.261. The highest BCUT2D eigenvalue weighted by molar-refractivity contribution is 6.46. The van der Waals surface area contributed by atoms with E-state index in [2.05, 4.69) is 0 Å². The van der Waals surface area contributed by atoms with Gasteiger partial charge in [0.05, 0.1) is 24.6 Å². The molecule has 30 heavy (non-hydrogen) atoms. The van der Waals surface area contributed by atoms with E-state index in [1.165, 1.54) is 4.90 Å². The molecule has 2 aromatic carbocycles. The van der Waals surface area contributed by atoms with E-state index in [-0.39, 0.29) is 24.3 Å². The van der Waals surface area contributed by atoms with Crippen molar-refractivity contribution in [2.45, 2.75) is 26.3 Å². The number of Topliss-reactive ketones (excluding diaryl/α,β-unsaturated/α-hetero) is 1. The molecule has 1 saturated heterocycles. The third-order valence-electron chi connectivity index (χ3n) is 4.94. The maximum Gasteiger partial charge on any atom is 0.305 e. The average molecular weight is 409 g/mol. The van der Waals surface area contributed by atoms with Crippen LogP contribution >= 0.6 is 0 Å². The van der Waals surface area contributed by atoms with Gasteiger partial charge in [0.25, 0.3) is 11.7 Å². The number of carboxylic acids is 1. The summed E-state index contributed by atoms with van der Waals surface area (Å²) in [6.45, 7) is 4.09. The number of hydrogen-bond acceptors (Lipinski definition) is 5. The lowest BCUT2D eigenvalue weighted by molar-refractivity contribution is -0.142. The van der Waals surface area contributed by atoms with Crippen molar-refractivity contribution >= 4 is 23.4 Å². The number of carbonyl (C=O) groups is 3. The lowest BCUT2D eigenvalue weighted by atomic mass is 9.95. The van der Waals surface area contributed by atoms with Crippen LogP contribution in [-0.2, 0) is 14.4 Å². The summed E-state index contributed by atoms with van der Waals surface area (Å²) in [5, 5.41) is 20.0. The van der Waals surface area contributed by atoms with Gasteiger partial charge in [0.2, 0.25) is 0 Å². The Bertz CT molecular complexity index is 991. The molecule has 7 nitrogen and oxygen atoms in total. The summed E-state index contributed by atoms with van der Waals surface area (Å²) >= 11 is 0. The quantitative estimate of drug-likeness (QED) is 0.413. The van der Waals surface area contributed by atoms with E-state index in [1.807, 2.05) is 13.8 Å². The van der Waals surface area contributed by atoms with Gasteiger partial charge in [-0.3, -0.25) is 14.4 Å². The Labute approximate surface area is 174 Å². The van der Waals surface area contributed by atoms with Crippen molar-refractivity contribution in [3.8, 4) is 5.75 Å². The highest BCUT2D eigenvalue weighted by Crippen LogP contribution is 2.39. The second-order valence-electron chi connectivity index (χ2n) is 7.00. The van der Waals surface area contributed by atoms with Crippen molar-refractivity contribution in [2.75, 3.05) is 13.2 Å². The van der Waals surface area contributed by atoms with Crippen LogP contribution < -0.4 is 4.74 Å². The molecule has 0 aromatic heterocycles. The molecule has 0 unspecified atom stereocenters. The minimum atomic E-state index is -1.08. The van der Waals surface area contributed by atoms with Crippen LogP contribution in [0, 0.1) is 6.92 Å². The Hall–Kier alpha value is -3.61. The largest absolute Gasteiger partial charge is 0.507 e. The fourth-order valence-electron chi connectivity index (χ4n) is 3.45. The number of rotatable bonds is 7. The van der Waals surface area contributed by atoms with Crippen molar-refractivity contribution in [2.24, 2.45) is 0 Å². The summed E-state index contributed by atoms with van der Waals surface area (Å²) in [5.41, 5.74) is 1.92. The van der Waals surface area contributed by atoms with Crippen molar-refractivity contribution < 1.29 is 29.3 Å². The number of benzene rings is 2. The molecule has 0 bridgehead atoms. The SMILES string of the molecule is CCOc1ccc([C@@H]2C(=C(O)c3ccc(C)cc3)C(=O)C(=O)N2CCC(=O)O)cc1. The van der Waals surface area contributed by atoms with Crippen LogP contribution in [0.25, 0.3) is 5.76 Å². The van der Waals surface area contributed by atoms with Gasteiger partial charge >= 0.3 is 5.97 Å². The first-order chi connectivity index (χ1) is 14.3. The zero-order chi connectivity index (χ0) is 21.8. The maximum absolute atomic E-state index is 12.8. The molecule has 2 aromatic rings. The number of aryl methyl sites for hydroxylation is 1. The number of hydrogen-bond donors (Lipinski definition) is 2. The van der Waals surface area contributed by atoms with Crippen LogP contribution in [0.4, 0.5) is 0 Å². The second-order valence-corrected chi connectivity index (χ2v) is 7.00. The van der Waals surface area contributed by atoms with Crippen LogP contribution in [-0.4, -0.2) is 45.9 Å². The first-order valence-electron chi connectivity index (χ1n) is 9.63. The lowest BCUT2D eigenvalue weighted by Gasteiger charge is -2.25. The molecule has 1 atom stereocenters.